The van der Waals surface area contributed by atoms with Gasteiger partial charge in [0.1, 0.15) is 0 Å². The van der Waals surface area contributed by atoms with Crippen LogP contribution in [0.4, 0.5) is 0 Å². The first-order valence-corrected chi connectivity index (χ1v) is 6.43. The molecule has 1 aromatic carbocycles. The number of benzene rings is 1. The predicted molar refractivity (Wildman–Crippen MR) is 66.6 cm³/mol. The molecule has 1 fully saturated rings. The summed E-state index contributed by atoms with van der Waals surface area (Å²) in [6.45, 7) is 0.366. The summed E-state index contributed by atoms with van der Waals surface area (Å²) in [6.07, 6.45) is 5.08. The molecular weight excluding hydrogens is 214 g/mol. The lowest BCUT2D eigenvalue weighted by atomic mass is 9.82. The third-order valence-corrected chi connectivity index (χ3v) is 4.00. The van der Waals surface area contributed by atoms with E-state index >= 15 is 0 Å². The molecule has 0 bridgehead atoms. The predicted octanol–water partition coefficient (Wildman–Crippen LogP) is 2.66. The molecule has 1 aliphatic carbocycles. The number of ether oxygens (including phenoxy) is 2. The number of fused-ring (bicyclic) bond motifs is 1. The summed E-state index contributed by atoms with van der Waals surface area (Å²) < 4.78 is 10.8. The Morgan fingerprint density at radius 2 is 1.82 bits per heavy atom. The fraction of sp³-hybridized carbons (Fsp3) is 0.571. The van der Waals surface area contributed by atoms with E-state index in [-0.39, 0.29) is 0 Å². The van der Waals surface area contributed by atoms with Crippen molar-refractivity contribution in [2.75, 3.05) is 13.8 Å². The van der Waals surface area contributed by atoms with Gasteiger partial charge in [-0.2, -0.15) is 0 Å². The standard InChI is InChI=1S/C14H19NO2/c1-15-12-5-2-10(3-6-12)11-4-7-13-14(8-11)17-9-16-13/h4,7-8,10,12,15H,2-3,5-6,9H2,1H3. The zero-order valence-corrected chi connectivity index (χ0v) is 10.2. The third kappa shape index (κ3) is 2.12. The highest BCUT2D eigenvalue weighted by atomic mass is 16.7. The van der Waals surface area contributed by atoms with Gasteiger partial charge < -0.3 is 14.8 Å². The second-order valence-electron chi connectivity index (χ2n) is 4.95. The maximum Gasteiger partial charge on any atom is 0.231 e. The zero-order chi connectivity index (χ0) is 11.7. The molecule has 92 valence electrons. The maximum absolute atomic E-state index is 5.44. The molecule has 3 heteroatoms. The Bertz CT molecular complexity index is 397. The first kappa shape index (κ1) is 10.9. The lowest BCUT2D eigenvalue weighted by Gasteiger charge is -2.28. The van der Waals surface area contributed by atoms with Crippen LogP contribution in [0.2, 0.25) is 0 Å². The van der Waals surface area contributed by atoms with Crippen LogP contribution in [0.15, 0.2) is 18.2 Å². The van der Waals surface area contributed by atoms with Crippen LogP contribution in [-0.2, 0) is 0 Å². The van der Waals surface area contributed by atoms with E-state index in [9.17, 15) is 0 Å². The van der Waals surface area contributed by atoms with E-state index in [1.54, 1.807) is 0 Å². The molecule has 0 unspecified atom stereocenters. The highest BCUT2D eigenvalue weighted by molar-refractivity contribution is 5.45. The summed E-state index contributed by atoms with van der Waals surface area (Å²) in [4.78, 5) is 0. The summed E-state index contributed by atoms with van der Waals surface area (Å²) in [5.41, 5.74) is 1.41. The van der Waals surface area contributed by atoms with Crippen molar-refractivity contribution < 1.29 is 9.47 Å². The second-order valence-corrected chi connectivity index (χ2v) is 4.95. The Morgan fingerprint density at radius 1 is 1.06 bits per heavy atom. The van der Waals surface area contributed by atoms with Gasteiger partial charge in [-0.3, -0.25) is 0 Å². The van der Waals surface area contributed by atoms with Crippen LogP contribution < -0.4 is 14.8 Å². The Hall–Kier alpha value is -1.22. The second kappa shape index (κ2) is 4.57. The van der Waals surface area contributed by atoms with Gasteiger partial charge >= 0.3 is 0 Å². The van der Waals surface area contributed by atoms with Crippen molar-refractivity contribution in [3.8, 4) is 11.5 Å². The third-order valence-electron chi connectivity index (χ3n) is 4.00. The van der Waals surface area contributed by atoms with Gasteiger partial charge in [0.05, 0.1) is 0 Å². The zero-order valence-electron chi connectivity index (χ0n) is 10.2. The lowest BCUT2D eigenvalue weighted by Crippen LogP contribution is -2.29. The Labute approximate surface area is 102 Å². The number of hydrogen-bond donors (Lipinski definition) is 1. The SMILES string of the molecule is CNC1CCC(c2ccc3c(c2)OCO3)CC1. The minimum atomic E-state index is 0.366. The quantitative estimate of drug-likeness (QED) is 0.852. The van der Waals surface area contributed by atoms with Gasteiger partial charge in [0, 0.05) is 6.04 Å². The molecule has 0 amide bonds. The van der Waals surface area contributed by atoms with Gasteiger partial charge in [0.25, 0.3) is 0 Å². The average molecular weight is 233 g/mol. The molecule has 17 heavy (non-hydrogen) atoms. The average Bonchev–Trinajstić information content (AvgIpc) is 2.86. The minimum Gasteiger partial charge on any atom is -0.454 e. The van der Waals surface area contributed by atoms with Crippen molar-refractivity contribution in [1.82, 2.24) is 5.32 Å². The Balaban J connectivity index is 1.72. The monoisotopic (exact) mass is 233 g/mol. The molecule has 1 aromatic rings. The molecule has 1 N–H and O–H groups in total. The van der Waals surface area contributed by atoms with Gasteiger partial charge in [0.15, 0.2) is 11.5 Å². The van der Waals surface area contributed by atoms with Gasteiger partial charge in [-0.25, -0.2) is 0 Å². The van der Waals surface area contributed by atoms with Crippen LogP contribution in [-0.4, -0.2) is 19.9 Å². The summed E-state index contributed by atoms with van der Waals surface area (Å²) in [5, 5.41) is 3.37. The van der Waals surface area contributed by atoms with E-state index in [0.29, 0.717) is 18.8 Å². The fourth-order valence-electron chi connectivity index (χ4n) is 2.88. The molecule has 1 heterocycles. The van der Waals surface area contributed by atoms with E-state index in [1.807, 2.05) is 6.07 Å². The van der Waals surface area contributed by atoms with Crippen LogP contribution in [0.25, 0.3) is 0 Å². The molecule has 1 saturated carbocycles. The Morgan fingerprint density at radius 3 is 2.59 bits per heavy atom. The van der Waals surface area contributed by atoms with Crippen molar-refractivity contribution in [3.63, 3.8) is 0 Å². The Kier molecular flexibility index (Phi) is 2.93. The topological polar surface area (TPSA) is 30.5 Å². The maximum atomic E-state index is 5.44. The fourth-order valence-corrected chi connectivity index (χ4v) is 2.88. The molecule has 0 saturated heterocycles. The minimum absolute atomic E-state index is 0.366. The molecule has 3 nitrogen and oxygen atoms in total. The first-order valence-electron chi connectivity index (χ1n) is 6.43. The van der Waals surface area contributed by atoms with Crippen LogP contribution in [0.1, 0.15) is 37.2 Å². The molecule has 0 atom stereocenters. The van der Waals surface area contributed by atoms with Gasteiger partial charge in [-0.05, 0) is 56.3 Å². The number of nitrogens with one attached hydrogen (secondary N) is 1. The lowest BCUT2D eigenvalue weighted by molar-refractivity contribution is 0.174. The highest BCUT2D eigenvalue weighted by Crippen LogP contribution is 2.39. The van der Waals surface area contributed by atoms with Crippen LogP contribution in [0.3, 0.4) is 0 Å². The van der Waals surface area contributed by atoms with E-state index in [0.717, 1.165) is 11.5 Å². The van der Waals surface area contributed by atoms with Gasteiger partial charge in [0.2, 0.25) is 6.79 Å². The van der Waals surface area contributed by atoms with Crippen molar-refractivity contribution in [2.24, 2.45) is 0 Å². The number of hydrogen-bond acceptors (Lipinski definition) is 3. The van der Waals surface area contributed by atoms with Crippen molar-refractivity contribution in [2.45, 2.75) is 37.6 Å². The van der Waals surface area contributed by atoms with Crippen molar-refractivity contribution >= 4 is 0 Å². The summed E-state index contributed by atoms with van der Waals surface area (Å²) in [6, 6.07) is 7.10. The van der Waals surface area contributed by atoms with E-state index in [4.69, 9.17) is 9.47 Å². The van der Waals surface area contributed by atoms with E-state index in [2.05, 4.69) is 24.5 Å². The summed E-state index contributed by atoms with van der Waals surface area (Å²) in [5.74, 6) is 2.49. The van der Waals surface area contributed by atoms with E-state index in [1.165, 1.54) is 31.2 Å². The first-order chi connectivity index (χ1) is 8.36. The van der Waals surface area contributed by atoms with Crippen molar-refractivity contribution in [1.29, 1.82) is 0 Å². The van der Waals surface area contributed by atoms with Gasteiger partial charge in [-0.1, -0.05) is 6.07 Å². The summed E-state index contributed by atoms with van der Waals surface area (Å²) >= 11 is 0. The molecule has 0 aromatic heterocycles. The van der Waals surface area contributed by atoms with Crippen LogP contribution in [0, 0.1) is 0 Å². The van der Waals surface area contributed by atoms with E-state index < -0.39 is 0 Å². The molecule has 2 aliphatic rings. The largest absolute Gasteiger partial charge is 0.454 e. The normalized spacial score (nSPS) is 27.1. The van der Waals surface area contributed by atoms with Crippen LogP contribution in [0.5, 0.6) is 11.5 Å². The molecule has 0 spiro atoms. The molecular formula is C14H19NO2. The molecule has 1 aliphatic heterocycles. The smallest absolute Gasteiger partial charge is 0.231 e. The van der Waals surface area contributed by atoms with Gasteiger partial charge in [-0.15, -0.1) is 0 Å². The van der Waals surface area contributed by atoms with Crippen LogP contribution >= 0.6 is 0 Å². The molecule has 0 radical (unpaired) electrons. The number of rotatable bonds is 2. The molecule has 3 rings (SSSR count). The summed E-state index contributed by atoms with van der Waals surface area (Å²) in [7, 11) is 2.06. The van der Waals surface area contributed by atoms with Crippen molar-refractivity contribution in [3.05, 3.63) is 23.8 Å². The highest BCUT2D eigenvalue weighted by Gasteiger charge is 2.23.